The molecule has 3 heterocycles. The van der Waals surface area contributed by atoms with Crippen molar-refractivity contribution in [3.8, 4) is 0 Å². The lowest BCUT2D eigenvalue weighted by molar-refractivity contribution is -0.375. The summed E-state index contributed by atoms with van der Waals surface area (Å²) in [5, 5.41) is 10.9. The van der Waals surface area contributed by atoms with Gasteiger partial charge in [0.25, 0.3) is 0 Å². The normalized spacial score (nSPS) is 59.0. The molecule has 5 nitrogen and oxygen atoms in total. The monoisotopic (exact) mass is 306 g/mol. The number of esters is 1. The molecular formula is C17H22O5. The Morgan fingerprint density at radius 1 is 1.27 bits per heavy atom. The van der Waals surface area contributed by atoms with Gasteiger partial charge < -0.3 is 14.6 Å². The van der Waals surface area contributed by atoms with Crippen molar-refractivity contribution in [2.24, 2.45) is 28.6 Å². The fourth-order valence-electron chi connectivity index (χ4n) is 6.68. The minimum atomic E-state index is -1.39. The second-order valence-electron chi connectivity index (χ2n) is 8.24. The molecule has 0 aromatic heterocycles. The van der Waals surface area contributed by atoms with Crippen LogP contribution in [0.1, 0.15) is 45.4 Å². The zero-order valence-corrected chi connectivity index (χ0v) is 12.8. The van der Waals surface area contributed by atoms with E-state index in [1.165, 1.54) is 0 Å². The Balaban J connectivity index is 1.69. The molecule has 2 bridgehead atoms. The van der Waals surface area contributed by atoms with E-state index >= 15 is 0 Å². The molecule has 3 aliphatic heterocycles. The molecule has 6 fully saturated rings. The Bertz CT molecular complexity index is 576. The highest BCUT2D eigenvalue weighted by Gasteiger charge is 2.79. The molecule has 6 aliphatic rings. The molecule has 0 aromatic rings. The van der Waals surface area contributed by atoms with Gasteiger partial charge in [0.2, 0.25) is 0 Å². The molecule has 3 saturated carbocycles. The van der Waals surface area contributed by atoms with Gasteiger partial charge in [-0.3, -0.25) is 9.59 Å². The Morgan fingerprint density at radius 3 is 2.82 bits per heavy atom. The van der Waals surface area contributed by atoms with E-state index < -0.39 is 11.2 Å². The minimum Gasteiger partial charge on any atom is -0.461 e. The number of Topliss-reactive ketones (excluding diaryl/α,β-unsaturated/α-hetero) is 1. The van der Waals surface area contributed by atoms with Crippen molar-refractivity contribution in [1.29, 1.82) is 0 Å². The summed E-state index contributed by atoms with van der Waals surface area (Å²) in [5.74, 6) is -1.10. The molecule has 0 radical (unpaired) electrons. The zero-order chi connectivity index (χ0) is 15.3. The molecule has 3 aliphatic carbocycles. The molecule has 0 amide bonds. The number of hydrogen-bond acceptors (Lipinski definition) is 5. The van der Waals surface area contributed by atoms with E-state index in [1.807, 2.05) is 6.92 Å². The highest BCUT2D eigenvalue weighted by molar-refractivity contribution is 5.84. The highest BCUT2D eigenvalue weighted by atomic mass is 16.6. The minimum absolute atomic E-state index is 0.00727. The maximum Gasteiger partial charge on any atom is 0.318 e. The van der Waals surface area contributed by atoms with Crippen LogP contribution in [0.4, 0.5) is 0 Å². The predicted molar refractivity (Wildman–Crippen MR) is 74.5 cm³/mol. The maximum atomic E-state index is 12.6. The van der Waals surface area contributed by atoms with Gasteiger partial charge in [0.05, 0.1) is 6.61 Å². The van der Waals surface area contributed by atoms with Crippen LogP contribution in [-0.2, 0) is 19.1 Å². The van der Waals surface area contributed by atoms with Crippen molar-refractivity contribution >= 4 is 11.8 Å². The molecule has 0 unspecified atom stereocenters. The molecule has 5 heteroatoms. The van der Waals surface area contributed by atoms with Gasteiger partial charge in [-0.1, -0.05) is 0 Å². The van der Waals surface area contributed by atoms with Gasteiger partial charge in [-0.2, -0.15) is 0 Å². The maximum absolute atomic E-state index is 12.6. The Hall–Kier alpha value is -0.940. The molecule has 1 spiro atoms. The van der Waals surface area contributed by atoms with Crippen molar-refractivity contribution in [1.82, 2.24) is 0 Å². The number of carbonyl (C=O) groups is 2. The van der Waals surface area contributed by atoms with Crippen LogP contribution in [0, 0.1) is 28.6 Å². The Morgan fingerprint density at radius 2 is 2.09 bits per heavy atom. The van der Waals surface area contributed by atoms with Crippen molar-refractivity contribution in [3.63, 3.8) is 0 Å². The molecule has 0 aromatic carbocycles. The SMILES string of the molecule is C[C@]12C(=O)O[C@@H]3C[C@H]4C(=O)CCC[C@H]4[C@@]4(CC[C@]1(O)OC4)[C@@H]32. The first-order chi connectivity index (χ1) is 10.4. The Kier molecular flexibility index (Phi) is 2.30. The van der Waals surface area contributed by atoms with Gasteiger partial charge in [0.1, 0.15) is 17.3 Å². The van der Waals surface area contributed by atoms with Gasteiger partial charge in [-0.05, 0) is 38.5 Å². The standard InChI is InChI=1S/C17H22O5/c1-15-13-12(22-14(15)19)7-9-10(3-2-4-11(9)18)16(13)5-6-17(15,20)21-8-16/h9-10,12-13,20H,2-8H2,1H3/t9-,10-,12-,13+,15+,16+,17+/m1/s1. The smallest absolute Gasteiger partial charge is 0.318 e. The summed E-state index contributed by atoms with van der Waals surface area (Å²) in [6, 6.07) is 0. The lowest BCUT2D eigenvalue weighted by Crippen LogP contribution is -2.73. The van der Waals surface area contributed by atoms with Crippen LogP contribution in [0.25, 0.3) is 0 Å². The van der Waals surface area contributed by atoms with E-state index in [2.05, 4.69) is 0 Å². The lowest BCUT2D eigenvalue weighted by Gasteiger charge is -2.66. The molecule has 22 heavy (non-hydrogen) atoms. The molecule has 6 rings (SSSR count). The third kappa shape index (κ3) is 1.20. The van der Waals surface area contributed by atoms with E-state index in [1.54, 1.807) is 0 Å². The number of ether oxygens (including phenoxy) is 2. The molecule has 120 valence electrons. The second kappa shape index (κ2) is 3.75. The average Bonchev–Trinajstić information content (AvgIpc) is 2.77. The number of carbonyl (C=O) groups excluding carboxylic acids is 2. The number of ketones is 1. The lowest BCUT2D eigenvalue weighted by atomic mass is 9.41. The number of rotatable bonds is 0. The summed E-state index contributed by atoms with van der Waals surface area (Å²) in [6.45, 7) is 2.28. The molecule has 3 saturated heterocycles. The first-order valence-corrected chi connectivity index (χ1v) is 8.52. The highest BCUT2D eigenvalue weighted by Crippen LogP contribution is 2.72. The summed E-state index contributed by atoms with van der Waals surface area (Å²) < 4.78 is 11.5. The van der Waals surface area contributed by atoms with E-state index in [0.29, 0.717) is 31.7 Å². The number of fused-ring (bicyclic) bond motifs is 3. The van der Waals surface area contributed by atoms with Gasteiger partial charge in [0, 0.05) is 30.1 Å². The van der Waals surface area contributed by atoms with E-state index in [9.17, 15) is 14.7 Å². The van der Waals surface area contributed by atoms with Gasteiger partial charge >= 0.3 is 5.97 Å². The second-order valence-corrected chi connectivity index (χ2v) is 8.24. The summed E-state index contributed by atoms with van der Waals surface area (Å²) in [4.78, 5) is 25.0. The van der Waals surface area contributed by atoms with Crippen LogP contribution in [0.2, 0.25) is 0 Å². The first-order valence-electron chi connectivity index (χ1n) is 8.52. The van der Waals surface area contributed by atoms with Crippen LogP contribution in [-0.4, -0.2) is 35.4 Å². The van der Waals surface area contributed by atoms with Crippen LogP contribution in [0.5, 0.6) is 0 Å². The molecule has 7 atom stereocenters. The van der Waals surface area contributed by atoms with E-state index in [0.717, 1.165) is 19.3 Å². The van der Waals surface area contributed by atoms with Gasteiger partial charge in [0.15, 0.2) is 5.79 Å². The average molecular weight is 306 g/mol. The number of aliphatic hydroxyl groups is 1. The fourth-order valence-corrected chi connectivity index (χ4v) is 6.68. The van der Waals surface area contributed by atoms with Crippen LogP contribution in [0.3, 0.4) is 0 Å². The molecule has 1 N–H and O–H groups in total. The first kappa shape index (κ1) is 13.5. The van der Waals surface area contributed by atoms with E-state index in [-0.39, 0.29) is 35.2 Å². The predicted octanol–water partition coefficient (Wildman–Crippen LogP) is 1.42. The molecular weight excluding hydrogens is 284 g/mol. The third-order valence-electron chi connectivity index (χ3n) is 7.68. The van der Waals surface area contributed by atoms with Crippen molar-refractivity contribution in [2.75, 3.05) is 6.61 Å². The van der Waals surface area contributed by atoms with Crippen molar-refractivity contribution in [2.45, 2.75) is 57.3 Å². The van der Waals surface area contributed by atoms with E-state index in [4.69, 9.17) is 9.47 Å². The Labute approximate surface area is 129 Å². The van der Waals surface area contributed by atoms with Crippen LogP contribution in [0.15, 0.2) is 0 Å². The topological polar surface area (TPSA) is 72.8 Å². The zero-order valence-electron chi connectivity index (χ0n) is 12.8. The summed E-state index contributed by atoms with van der Waals surface area (Å²) >= 11 is 0. The summed E-state index contributed by atoms with van der Waals surface area (Å²) in [7, 11) is 0. The van der Waals surface area contributed by atoms with Gasteiger partial charge in [-0.15, -0.1) is 0 Å². The summed E-state index contributed by atoms with van der Waals surface area (Å²) in [6.07, 6.45) is 4.36. The van der Waals surface area contributed by atoms with Crippen LogP contribution >= 0.6 is 0 Å². The number of hydrogen-bond donors (Lipinski definition) is 1. The van der Waals surface area contributed by atoms with Crippen LogP contribution < -0.4 is 0 Å². The largest absolute Gasteiger partial charge is 0.461 e. The van der Waals surface area contributed by atoms with Crippen molar-refractivity contribution < 1.29 is 24.2 Å². The third-order valence-corrected chi connectivity index (χ3v) is 7.68. The van der Waals surface area contributed by atoms with Gasteiger partial charge in [-0.25, -0.2) is 0 Å². The van der Waals surface area contributed by atoms with Crippen molar-refractivity contribution in [3.05, 3.63) is 0 Å². The quantitative estimate of drug-likeness (QED) is 0.685. The summed E-state index contributed by atoms with van der Waals surface area (Å²) in [5.41, 5.74) is -1.14. The fraction of sp³-hybridized carbons (Fsp3) is 0.882.